The summed E-state index contributed by atoms with van der Waals surface area (Å²) in [5.41, 5.74) is 0. The summed E-state index contributed by atoms with van der Waals surface area (Å²) in [6, 6.07) is -0.514. The smallest absolute Gasteiger partial charge is 0.311 e. The predicted octanol–water partition coefficient (Wildman–Crippen LogP) is -1.26. The lowest BCUT2D eigenvalue weighted by Crippen LogP contribution is -2.47. The van der Waals surface area contributed by atoms with Crippen molar-refractivity contribution in [3.05, 3.63) is 0 Å². The standard InChI is InChI=1S/C10H14N2O5S/c13-8(1-12-5-18-4-9(12)14)11-7-3-17-2-6(7)10(15)16/h6-7H,1-5H2,(H,11,13)(H,15,16). The van der Waals surface area contributed by atoms with Gasteiger partial charge in [-0.05, 0) is 0 Å². The van der Waals surface area contributed by atoms with Crippen LogP contribution in [-0.4, -0.2) is 65.2 Å². The van der Waals surface area contributed by atoms with E-state index in [0.717, 1.165) is 0 Å². The second-order valence-corrected chi connectivity index (χ2v) is 5.18. The number of nitrogens with one attached hydrogen (secondary N) is 1. The van der Waals surface area contributed by atoms with E-state index in [2.05, 4.69) is 5.32 Å². The van der Waals surface area contributed by atoms with Crippen LogP contribution >= 0.6 is 11.8 Å². The third kappa shape index (κ3) is 2.94. The highest BCUT2D eigenvalue weighted by Gasteiger charge is 2.35. The summed E-state index contributed by atoms with van der Waals surface area (Å²) in [5.74, 6) is -1.18. The van der Waals surface area contributed by atoms with Crippen LogP contribution in [0.5, 0.6) is 0 Å². The highest BCUT2D eigenvalue weighted by Crippen LogP contribution is 2.16. The molecule has 0 saturated carbocycles. The lowest BCUT2D eigenvalue weighted by molar-refractivity contribution is -0.142. The molecule has 2 atom stereocenters. The summed E-state index contributed by atoms with van der Waals surface area (Å²) in [5, 5.41) is 11.5. The van der Waals surface area contributed by atoms with E-state index in [0.29, 0.717) is 11.6 Å². The number of nitrogens with zero attached hydrogens (tertiary/aromatic N) is 1. The summed E-state index contributed by atoms with van der Waals surface area (Å²) < 4.78 is 5.04. The van der Waals surface area contributed by atoms with E-state index in [1.54, 1.807) is 0 Å². The second kappa shape index (κ2) is 5.57. The van der Waals surface area contributed by atoms with Gasteiger partial charge in [0.25, 0.3) is 0 Å². The van der Waals surface area contributed by atoms with Gasteiger partial charge in [-0.3, -0.25) is 14.4 Å². The van der Waals surface area contributed by atoms with Crippen LogP contribution < -0.4 is 5.32 Å². The zero-order chi connectivity index (χ0) is 13.1. The average molecular weight is 274 g/mol. The Kier molecular flexibility index (Phi) is 4.07. The van der Waals surface area contributed by atoms with Crippen molar-refractivity contribution in [3.8, 4) is 0 Å². The van der Waals surface area contributed by atoms with Gasteiger partial charge in [0, 0.05) is 0 Å². The first-order chi connectivity index (χ1) is 8.58. The molecule has 0 radical (unpaired) electrons. The van der Waals surface area contributed by atoms with E-state index in [9.17, 15) is 14.4 Å². The third-order valence-corrected chi connectivity index (χ3v) is 3.85. The Labute approximate surface area is 108 Å². The molecule has 8 heteroatoms. The van der Waals surface area contributed by atoms with E-state index < -0.39 is 17.9 Å². The molecule has 0 aromatic heterocycles. The number of carbonyl (C=O) groups is 3. The van der Waals surface area contributed by atoms with Crippen molar-refractivity contribution in [2.45, 2.75) is 6.04 Å². The molecule has 0 spiro atoms. The number of ether oxygens (including phenoxy) is 1. The SMILES string of the molecule is O=C(CN1CSCC1=O)NC1COCC1C(=O)O. The molecular weight excluding hydrogens is 260 g/mol. The topological polar surface area (TPSA) is 95.9 Å². The molecule has 2 saturated heterocycles. The number of amides is 2. The summed E-state index contributed by atoms with van der Waals surface area (Å²) in [6.07, 6.45) is 0. The van der Waals surface area contributed by atoms with E-state index in [1.165, 1.54) is 16.7 Å². The third-order valence-electron chi connectivity index (χ3n) is 2.90. The predicted molar refractivity (Wildman–Crippen MR) is 62.9 cm³/mol. The van der Waals surface area contributed by atoms with Gasteiger partial charge in [0.05, 0.1) is 30.9 Å². The van der Waals surface area contributed by atoms with Gasteiger partial charge in [0.2, 0.25) is 11.8 Å². The van der Waals surface area contributed by atoms with Crippen molar-refractivity contribution < 1.29 is 24.2 Å². The van der Waals surface area contributed by atoms with Crippen molar-refractivity contribution in [2.24, 2.45) is 5.92 Å². The first-order valence-corrected chi connectivity index (χ1v) is 6.69. The van der Waals surface area contributed by atoms with Crippen LogP contribution in [0.3, 0.4) is 0 Å². The highest BCUT2D eigenvalue weighted by molar-refractivity contribution is 8.00. The first kappa shape index (κ1) is 13.2. The molecule has 2 aliphatic heterocycles. The molecule has 2 rings (SSSR count). The van der Waals surface area contributed by atoms with Gasteiger partial charge in [-0.2, -0.15) is 0 Å². The van der Waals surface area contributed by atoms with E-state index in [1.807, 2.05) is 0 Å². The average Bonchev–Trinajstić information content (AvgIpc) is 2.89. The maximum absolute atomic E-state index is 11.7. The fraction of sp³-hybridized carbons (Fsp3) is 0.700. The van der Waals surface area contributed by atoms with E-state index >= 15 is 0 Å². The Morgan fingerprint density at radius 2 is 2.28 bits per heavy atom. The number of carboxylic acids is 1. The molecule has 0 aromatic rings. The van der Waals surface area contributed by atoms with Gasteiger partial charge in [-0.1, -0.05) is 0 Å². The van der Waals surface area contributed by atoms with Crippen LogP contribution in [0, 0.1) is 5.92 Å². The van der Waals surface area contributed by atoms with Crippen LogP contribution in [0.15, 0.2) is 0 Å². The Bertz CT molecular complexity index is 375. The second-order valence-electron chi connectivity index (χ2n) is 4.23. The molecule has 0 bridgehead atoms. The monoisotopic (exact) mass is 274 g/mol. The fourth-order valence-electron chi connectivity index (χ4n) is 1.91. The zero-order valence-electron chi connectivity index (χ0n) is 9.63. The Morgan fingerprint density at radius 3 is 2.89 bits per heavy atom. The number of hydrogen-bond donors (Lipinski definition) is 2. The number of carbonyl (C=O) groups excluding carboxylic acids is 2. The first-order valence-electron chi connectivity index (χ1n) is 5.53. The van der Waals surface area contributed by atoms with Gasteiger partial charge in [-0.25, -0.2) is 0 Å². The maximum atomic E-state index is 11.7. The molecule has 0 aromatic carbocycles. The molecule has 18 heavy (non-hydrogen) atoms. The number of rotatable bonds is 4. The lowest BCUT2D eigenvalue weighted by atomic mass is 10.0. The number of hydrogen-bond acceptors (Lipinski definition) is 5. The van der Waals surface area contributed by atoms with Gasteiger partial charge < -0.3 is 20.1 Å². The normalized spacial score (nSPS) is 27.6. The van der Waals surface area contributed by atoms with Crippen molar-refractivity contribution in [2.75, 3.05) is 31.4 Å². The molecule has 7 nitrogen and oxygen atoms in total. The van der Waals surface area contributed by atoms with Crippen molar-refractivity contribution in [3.63, 3.8) is 0 Å². The maximum Gasteiger partial charge on any atom is 0.311 e. The van der Waals surface area contributed by atoms with Gasteiger partial charge in [0.15, 0.2) is 0 Å². The van der Waals surface area contributed by atoms with Crippen LogP contribution in [0.2, 0.25) is 0 Å². The van der Waals surface area contributed by atoms with E-state index in [-0.39, 0.29) is 31.6 Å². The van der Waals surface area contributed by atoms with Crippen LogP contribution in [-0.2, 0) is 19.1 Å². The van der Waals surface area contributed by atoms with Crippen LogP contribution in [0.1, 0.15) is 0 Å². The quantitative estimate of drug-likeness (QED) is 0.664. The Hall–Kier alpha value is -1.28. The molecule has 2 fully saturated rings. The van der Waals surface area contributed by atoms with E-state index in [4.69, 9.17) is 9.84 Å². The fourth-order valence-corrected chi connectivity index (χ4v) is 2.81. The van der Waals surface area contributed by atoms with Crippen molar-refractivity contribution in [1.82, 2.24) is 10.2 Å². The molecule has 2 amide bonds. The molecule has 2 unspecified atom stereocenters. The van der Waals surface area contributed by atoms with Crippen LogP contribution in [0.25, 0.3) is 0 Å². The minimum atomic E-state index is -0.981. The summed E-state index contributed by atoms with van der Waals surface area (Å²) in [6.45, 7) is 0.291. The minimum absolute atomic E-state index is 0.0192. The minimum Gasteiger partial charge on any atom is -0.481 e. The van der Waals surface area contributed by atoms with Gasteiger partial charge >= 0.3 is 5.97 Å². The molecule has 2 N–H and O–H groups in total. The number of carboxylic acid groups (broad SMARTS) is 1. The van der Waals surface area contributed by atoms with Crippen molar-refractivity contribution in [1.29, 1.82) is 0 Å². The zero-order valence-corrected chi connectivity index (χ0v) is 10.4. The largest absolute Gasteiger partial charge is 0.481 e. The molecule has 0 aliphatic carbocycles. The molecule has 2 aliphatic rings. The highest BCUT2D eigenvalue weighted by atomic mass is 32.2. The molecule has 100 valence electrons. The van der Waals surface area contributed by atoms with Crippen molar-refractivity contribution >= 4 is 29.5 Å². The number of aliphatic carboxylic acids is 1. The Morgan fingerprint density at radius 1 is 1.50 bits per heavy atom. The molecular formula is C10H14N2O5S. The van der Waals surface area contributed by atoms with Gasteiger partial charge in [-0.15, -0.1) is 11.8 Å². The molecule has 2 heterocycles. The van der Waals surface area contributed by atoms with Crippen LogP contribution in [0.4, 0.5) is 0 Å². The lowest BCUT2D eigenvalue weighted by Gasteiger charge is -2.18. The summed E-state index contributed by atoms with van der Waals surface area (Å²) >= 11 is 1.46. The number of thioether (sulfide) groups is 1. The van der Waals surface area contributed by atoms with Gasteiger partial charge in [0.1, 0.15) is 12.5 Å². The Balaban J connectivity index is 1.83. The summed E-state index contributed by atoms with van der Waals surface area (Å²) in [4.78, 5) is 35.4. The summed E-state index contributed by atoms with van der Waals surface area (Å²) in [7, 11) is 0.